The molecule has 0 aromatic heterocycles. The molecule has 9 heteroatoms. The number of hydrogen-bond acceptors (Lipinski definition) is 7. The van der Waals surface area contributed by atoms with Gasteiger partial charge in [-0.05, 0) is 180 Å². The molecule has 0 heterocycles. The monoisotopic (exact) mass is 1410 g/mol. The van der Waals surface area contributed by atoms with Crippen molar-refractivity contribution in [3.8, 4) is 0 Å². The lowest BCUT2D eigenvalue weighted by atomic mass is 10.1. The summed E-state index contributed by atoms with van der Waals surface area (Å²) in [5.74, 6) is -2.11. The Bertz CT molecular complexity index is 2710. The summed E-state index contributed by atoms with van der Waals surface area (Å²) in [5.41, 5.74) is 0. The molecule has 0 aromatic carbocycles. The normalized spacial score (nSPS) is 14.1. The van der Waals surface area contributed by atoms with Crippen molar-refractivity contribution in [3.05, 3.63) is 267 Å². The molecule has 0 radical (unpaired) electrons. The third kappa shape index (κ3) is 81.7. The summed E-state index contributed by atoms with van der Waals surface area (Å²) >= 11 is 0. The molecule has 0 fully saturated rings. The van der Waals surface area contributed by atoms with Gasteiger partial charge >= 0.3 is 17.9 Å². The molecule has 103 heavy (non-hydrogen) atoms. The van der Waals surface area contributed by atoms with Crippen molar-refractivity contribution in [2.24, 2.45) is 0 Å². The van der Waals surface area contributed by atoms with E-state index in [0.29, 0.717) is 23.9 Å². The van der Waals surface area contributed by atoms with Crippen molar-refractivity contribution < 1.29 is 42.9 Å². The Morgan fingerprint density at radius 2 is 0.524 bits per heavy atom. The zero-order chi connectivity index (χ0) is 74.6. The highest BCUT2D eigenvalue weighted by Gasteiger charge is 2.25. The lowest BCUT2D eigenvalue weighted by Crippen LogP contribution is -2.40. The molecule has 0 saturated heterocycles. The van der Waals surface area contributed by atoms with Crippen LogP contribution in [-0.4, -0.2) is 87.4 Å². The van der Waals surface area contributed by atoms with Crippen molar-refractivity contribution >= 4 is 17.9 Å². The molecular formula is C94H142NO8+. The number of carbonyl (C=O) groups is 3. The van der Waals surface area contributed by atoms with Crippen LogP contribution >= 0.6 is 0 Å². The number of carboxylic acids is 1. The minimum atomic E-state index is -1.54. The number of likely N-dealkylation sites (N-methyl/N-ethyl adjacent to an activating group) is 1. The van der Waals surface area contributed by atoms with E-state index in [1.807, 2.05) is 21.1 Å². The van der Waals surface area contributed by atoms with Crippen LogP contribution in [0.5, 0.6) is 0 Å². The number of carbonyl (C=O) groups excluding carboxylic acids is 2. The fourth-order valence-electron chi connectivity index (χ4n) is 9.55. The third-order valence-corrected chi connectivity index (χ3v) is 15.5. The van der Waals surface area contributed by atoms with Gasteiger partial charge in [0.2, 0.25) is 0 Å². The van der Waals surface area contributed by atoms with E-state index >= 15 is 0 Å². The number of quaternary nitrogens is 1. The number of carboxylic acid groups (broad SMARTS) is 1. The van der Waals surface area contributed by atoms with E-state index in [1.54, 1.807) is 0 Å². The van der Waals surface area contributed by atoms with Crippen LogP contribution < -0.4 is 0 Å². The van der Waals surface area contributed by atoms with Crippen molar-refractivity contribution in [2.75, 3.05) is 47.5 Å². The molecule has 0 aliphatic carbocycles. The summed E-state index contributed by atoms with van der Waals surface area (Å²) in [5, 5.41) is 9.77. The first-order valence-corrected chi connectivity index (χ1v) is 39.5. The second-order valence-electron chi connectivity index (χ2n) is 26.2. The van der Waals surface area contributed by atoms with Crippen LogP contribution in [-0.2, 0) is 33.3 Å². The lowest BCUT2D eigenvalue weighted by molar-refractivity contribution is -0.870. The van der Waals surface area contributed by atoms with Crippen LogP contribution in [0.15, 0.2) is 267 Å². The highest BCUT2D eigenvalue weighted by molar-refractivity contribution is 5.71. The molecule has 570 valence electrons. The number of hydrogen-bond donors (Lipinski definition) is 1. The Hall–Kier alpha value is -7.43. The second kappa shape index (κ2) is 80.3. The number of allylic oxidation sites excluding steroid dienone is 44. The molecule has 0 bridgehead atoms. The molecule has 0 aromatic rings. The quantitative estimate of drug-likeness (QED) is 0.0211. The highest BCUT2D eigenvalue weighted by Crippen LogP contribution is 2.14. The van der Waals surface area contributed by atoms with Crippen molar-refractivity contribution in [3.63, 3.8) is 0 Å². The molecule has 0 spiro atoms. The van der Waals surface area contributed by atoms with Gasteiger partial charge in [-0.2, -0.15) is 0 Å². The molecule has 0 amide bonds. The van der Waals surface area contributed by atoms with Gasteiger partial charge in [-0.25, -0.2) is 4.79 Å². The standard InChI is InChI=1S/C94H141NO8/c1-6-8-10-12-14-16-18-20-22-24-26-28-30-32-34-36-38-40-42-44-46-48-50-52-54-56-58-60-62-64-66-68-70-72-74-76-78-80-82-84-91(96)101-88-90(89-102-94(93(98)99)100-87-86-95(3,4)5)103-92(97)85-83-81-79-77-75-73-71-69-67-65-63-61-59-57-55-53-51-49-47-45-43-41-39-37-35-33-31-29-27-25-23-21-19-17-15-13-11-9-7-2/h8-11,14-17,20-23,26-29,32-35,38-41,44-47,50-53,56-59,62-65,69,71,75,77,90,94H,6-7,12-13,18-19,24-25,30-31,36-37,42-43,48-49,54-55,60-61,66-68,70,72-74,76,78-89H2,1-5H3/p+1/b10-8-,11-9-,16-14-,17-15-,22-20-,23-21-,28-26-,29-27-,34-32-,35-33-,40-38-,41-39-,46-44-,47-45-,52-50-,53-51-,58-56-,59-57-,64-62-,65-63-,71-69-,77-75-. The average molecular weight is 1410 g/mol. The summed E-state index contributed by atoms with van der Waals surface area (Å²) in [6.07, 6.45) is 129. The van der Waals surface area contributed by atoms with Crippen LogP contribution in [0, 0.1) is 0 Å². The first-order valence-electron chi connectivity index (χ1n) is 39.5. The minimum absolute atomic E-state index is 0.162. The number of nitrogens with zero attached hydrogens (tertiary/aromatic N) is 1. The topological polar surface area (TPSA) is 108 Å². The molecule has 9 nitrogen and oxygen atoms in total. The summed E-state index contributed by atoms with van der Waals surface area (Å²) in [7, 11) is 5.94. The predicted molar refractivity (Wildman–Crippen MR) is 446 cm³/mol. The van der Waals surface area contributed by atoms with E-state index in [4.69, 9.17) is 18.9 Å². The maximum absolute atomic E-state index is 13.0. The zero-order valence-corrected chi connectivity index (χ0v) is 65.1. The Morgan fingerprint density at radius 1 is 0.291 bits per heavy atom. The number of aliphatic carboxylic acids is 1. The third-order valence-electron chi connectivity index (χ3n) is 15.5. The van der Waals surface area contributed by atoms with Crippen LogP contribution in [0.1, 0.15) is 245 Å². The summed E-state index contributed by atoms with van der Waals surface area (Å²) in [6.45, 7) is 4.55. The molecule has 2 unspecified atom stereocenters. The number of ether oxygens (including phenoxy) is 4. The van der Waals surface area contributed by atoms with E-state index in [1.165, 1.54) is 25.7 Å². The second-order valence-corrected chi connectivity index (χ2v) is 26.2. The number of rotatable bonds is 69. The summed E-state index contributed by atoms with van der Waals surface area (Å²) in [4.78, 5) is 37.7. The predicted octanol–water partition coefficient (Wildman–Crippen LogP) is 25.9. The highest BCUT2D eigenvalue weighted by atomic mass is 16.7. The first kappa shape index (κ1) is 95.6. The molecule has 0 aliphatic rings. The van der Waals surface area contributed by atoms with Crippen molar-refractivity contribution in [1.82, 2.24) is 0 Å². The van der Waals surface area contributed by atoms with Gasteiger partial charge in [0.15, 0.2) is 6.10 Å². The van der Waals surface area contributed by atoms with E-state index in [2.05, 4.69) is 281 Å². The Labute approximate surface area is 629 Å². The molecule has 1 N–H and O–H groups in total. The molecule has 2 atom stereocenters. The summed E-state index contributed by atoms with van der Waals surface area (Å²) in [6, 6.07) is 0. The van der Waals surface area contributed by atoms with Gasteiger partial charge in [0.05, 0.1) is 34.4 Å². The van der Waals surface area contributed by atoms with Crippen LogP contribution in [0.3, 0.4) is 0 Å². The molecule has 0 saturated carbocycles. The van der Waals surface area contributed by atoms with Gasteiger partial charge in [-0.1, -0.05) is 320 Å². The van der Waals surface area contributed by atoms with Gasteiger partial charge in [0, 0.05) is 12.8 Å². The van der Waals surface area contributed by atoms with Crippen LogP contribution in [0.2, 0.25) is 0 Å². The summed E-state index contributed by atoms with van der Waals surface area (Å²) < 4.78 is 22.9. The maximum Gasteiger partial charge on any atom is 0.361 e. The smallest absolute Gasteiger partial charge is 0.361 e. The van der Waals surface area contributed by atoms with Crippen molar-refractivity contribution in [1.29, 1.82) is 0 Å². The van der Waals surface area contributed by atoms with Gasteiger partial charge in [-0.15, -0.1) is 0 Å². The average Bonchev–Trinajstić information content (AvgIpc) is 0.985. The Kier molecular flexibility index (Phi) is 74.5. The molecule has 0 aliphatic heterocycles. The van der Waals surface area contributed by atoms with Crippen molar-refractivity contribution in [2.45, 2.75) is 257 Å². The molecule has 0 rings (SSSR count). The lowest BCUT2D eigenvalue weighted by Gasteiger charge is -2.25. The minimum Gasteiger partial charge on any atom is -0.477 e. The van der Waals surface area contributed by atoms with Crippen LogP contribution in [0.4, 0.5) is 0 Å². The largest absolute Gasteiger partial charge is 0.477 e. The van der Waals surface area contributed by atoms with Crippen LogP contribution in [0.25, 0.3) is 0 Å². The fraction of sp³-hybridized carbons (Fsp3) is 0.500. The molecular weight excluding hydrogens is 1270 g/mol. The Balaban J connectivity index is 4.28. The van der Waals surface area contributed by atoms with Gasteiger partial charge in [0.25, 0.3) is 6.29 Å². The SMILES string of the molecule is CC/C=C\C/C=C\C/C=C\C/C=C\C/C=C\C/C=C\C/C=C\C/C=C\C/C=C\C/C=C\C/C=C\C/C=C\CCCCC(=O)OC(COC(=O)CCCCCCCCCC/C=C\C/C=C\C/C=C\C/C=C\C/C=C\C/C=C\C/C=C\C/C=C\C/C=C\C/C=C\CC)COC(OCC[N+](C)(C)C)C(=O)O. The van der Waals surface area contributed by atoms with E-state index in [0.717, 1.165) is 180 Å². The first-order chi connectivity index (χ1) is 50.6. The maximum atomic E-state index is 13.0. The zero-order valence-electron chi connectivity index (χ0n) is 65.1. The van der Waals surface area contributed by atoms with E-state index in [-0.39, 0.29) is 38.6 Å². The van der Waals surface area contributed by atoms with Gasteiger partial charge in [0.1, 0.15) is 13.2 Å². The van der Waals surface area contributed by atoms with E-state index < -0.39 is 24.3 Å². The van der Waals surface area contributed by atoms with E-state index in [9.17, 15) is 19.5 Å². The number of unbranched alkanes of at least 4 members (excludes halogenated alkanes) is 10. The van der Waals surface area contributed by atoms with Gasteiger partial charge in [-0.3, -0.25) is 9.59 Å². The Morgan fingerprint density at radius 3 is 0.796 bits per heavy atom. The fourth-order valence-corrected chi connectivity index (χ4v) is 9.55. The number of esters is 2. The van der Waals surface area contributed by atoms with Gasteiger partial charge < -0.3 is 28.5 Å².